The van der Waals surface area contributed by atoms with Crippen LogP contribution in [0.2, 0.25) is 0 Å². The van der Waals surface area contributed by atoms with Gasteiger partial charge in [-0.1, -0.05) is 18.2 Å². The lowest BCUT2D eigenvalue weighted by Crippen LogP contribution is -2.34. The molecule has 2 aliphatic rings. The van der Waals surface area contributed by atoms with Gasteiger partial charge in [0.15, 0.2) is 0 Å². The van der Waals surface area contributed by atoms with Crippen LogP contribution in [-0.4, -0.2) is 18.1 Å². The fraction of sp³-hybridized carbons (Fsp3) is 0.222. The second-order valence-corrected chi connectivity index (χ2v) is 7.13. The third-order valence-corrected chi connectivity index (χ3v) is 6.04. The van der Waals surface area contributed by atoms with E-state index >= 15 is 0 Å². The van der Waals surface area contributed by atoms with Crippen LogP contribution in [0.3, 0.4) is 0 Å². The van der Waals surface area contributed by atoms with Crippen molar-refractivity contribution >= 4 is 37.2 Å². The maximum Gasteiger partial charge on any atom is 0.109 e. The number of nitrogens with zero attached hydrogens (tertiary/aromatic N) is 2. The summed E-state index contributed by atoms with van der Waals surface area (Å²) >= 11 is 1.91. The molecule has 0 aliphatic carbocycles. The highest BCUT2D eigenvalue weighted by molar-refractivity contribution is 7.25. The first-order valence-electron chi connectivity index (χ1n) is 7.36. The number of benzene rings is 2. The van der Waals surface area contributed by atoms with Crippen molar-refractivity contribution < 1.29 is 0 Å². The van der Waals surface area contributed by atoms with Crippen molar-refractivity contribution in [2.24, 2.45) is 0 Å². The van der Waals surface area contributed by atoms with Gasteiger partial charge in [-0.25, -0.2) is 0 Å². The van der Waals surface area contributed by atoms with Crippen LogP contribution in [-0.2, 0) is 6.42 Å². The van der Waals surface area contributed by atoms with Gasteiger partial charge in [0.05, 0.1) is 0 Å². The zero-order valence-electron chi connectivity index (χ0n) is 12.1. The van der Waals surface area contributed by atoms with Crippen LogP contribution >= 0.6 is 11.3 Å². The Morgan fingerprint density at radius 1 is 1.10 bits per heavy atom. The lowest BCUT2D eigenvalue weighted by molar-refractivity contribution is 0.344. The largest absolute Gasteiger partial charge is 0.356 e. The fourth-order valence-corrected chi connectivity index (χ4v) is 4.82. The SMILES string of the molecule is CC1=CN2c3cc4c(cc3CC2N1C)sc1ccccc14. The van der Waals surface area contributed by atoms with Gasteiger partial charge < -0.3 is 9.80 Å². The lowest BCUT2D eigenvalue weighted by Gasteiger charge is -2.24. The normalized spacial score (nSPS) is 20.3. The van der Waals surface area contributed by atoms with Crippen LogP contribution in [0.25, 0.3) is 20.2 Å². The van der Waals surface area contributed by atoms with Gasteiger partial charge in [0.25, 0.3) is 0 Å². The maximum atomic E-state index is 2.44. The number of fused-ring (bicyclic) bond motifs is 6. The summed E-state index contributed by atoms with van der Waals surface area (Å²) in [6.45, 7) is 2.19. The van der Waals surface area contributed by atoms with Gasteiger partial charge >= 0.3 is 0 Å². The molecule has 0 spiro atoms. The summed E-state index contributed by atoms with van der Waals surface area (Å²) in [5, 5.41) is 2.78. The van der Waals surface area contributed by atoms with E-state index in [4.69, 9.17) is 0 Å². The molecule has 2 nitrogen and oxygen atoms in total. The summed E-state index contributed by atoms with van der Waals surface area (Å²) in [5.41, 5.74) is 4.22. The molecule has 1 aromatic heterocycles. The minimum atomic E-state index is 0.475. The molecule has 2 aliphatic heterocycles. The third-order valence-electron chi connectivity index (χ3n) is 4.91. The zero-order valence-corrected chi connectivity index (χ0v) is 12.9. The molecular weight excluding hydrogens is 276 g/mol. The second kappa shape index (κ2) is 3.80. The average Bonchev–Trinajstić information content (AvgIpc) is 3.10. The highest BCUT2D eigenvalue weighted by atomic mass is 32.1. The Balaban J connectivity index is 1.79. The number of hydrogen-bond donors (Lipinski definition) is 0. The standard InChI is InChI=1S/C18H16N2S/c1-11-10-20-15-9-14-13-5-3-4-6-16(13)21-17(14)7-12(15)8-18(20)19(11)2/h3-7,9-10,18H,8H2,1-2H3. The fourth-order valence-electron chi connectivity index (χ4n) is 3.67. The first-order chi connectivity index (χ1) is 10.2. The van der Waals surface area contributed by atoms with Gasteiger partial charge in [-0.05, 0) is 30.7 Å². The van der Waals surface area contributed by atoms with Crippen molar-refractivity contribution in [3.63, 3.8) is 0 Å². The van der Waals surface area contributed by atoms with Crippen LogP contribution in [0.5, 0.6) is 0 Å². The highest BCUT2D eigenvalue weighted by Crippen LogP contribution is 2.44. The molecule has 0 amide bonds. The number of hydrogen-bond acceptors (Lipinski definition) is 3. The molecule has 1 unspecified atom stereocenters. The molecule has 0 saturated heterocycles. The Bertz CT molecular complexity index is 922. The van der Waals surface area contributed by atoms with E-state index in [1.54, 1.807) is 0 Å². The Kier molecular flexibility index (Phi) is 2.11. The van der Waals surface area contributed by atoms with Crippen molar-refractivity contribution in [3.8, 4) is 0 Å². The predicted molar refractivity (Wildman–Crippen MR) is 90.8 cm³/mol. The maximum absolute atomic E-state index is 2.44. The van der Waals surface area contributed by atoms with Crippen LogP contribution in [0.4, 0.5) is 5.69 Å². The summed E-state index contributed by atoms with van der Waals surface area (Å²) < 4.78 is 2.80. The van der Waals surface area contributed by atoms with Crippen LogP contribution in [0.1, 0.15) is 12.5 Å². The predicted octanol–water partition coefficient (Wildman–Crippen LogP) is 4.55. The highest BCUT2D eigenvalue weighted by Gasteiger charge is 2.36. The Labute approximate surface area is 127 Å². The topological polar surface area (TPSA) is 6.48 Å². The van der Waals surface area contributed by atoms with E-state index in [9.17, 15) is 0 Å². The minimum Gasteiger partial charge on any atom is -0.356 e. The Morgan fingerprint density at radius 2 is 1.95 bits per heavy atom. The van der Waals surface area contributed by atoms with Crippen molar-refractivity contribution in [2.75, 3.05) is 11.9 Å². The molecule has 3 aromatic rings. The Hall–Kier alpha value is -2.00. The van der Waals surface area contributed by atoms with Gasteiger partial charge in [0.2, 0.25) is 0 Å². The zero-order chi connectivity index (χ0) is 14.1. The molecule has 1 atom stereocenters. The summed E-state index contributed by atoms with van der Waals surface area (Å²) in [6, 6.07) is 13.5. The van der Waals surface area contributed by atoms with Crippen LogP contribution in [0, 0.1) is 0 Å². The van der Waals surface area contributed by atoms with E-state index in [0.29, 0.717) is 6.17 Å². The summed E-state index contributed by atoms with van der Waals surface area (Å²) in [7, 11) is 2.19. The quantitative estimate of drug-likeness (QED) is 0.600. The van der Waals surface area contributed by atoms with E-state index in [1.807, 2.05) is 11.3 Å². The molecule has 21 heavy (non-hydrogen) atoms. The molecule has 0 radical (unpaired) electrons. The molecule has 5 rings (SSSR count). The first kappa shape index (κ1) is 11.6. The number of likely N-dealkylation sites (N-methyl/N-ethyl adjacent to an activating group) is 1. The van der Waals surface area contributed by atoms with Gasteiger partial charge in [-0.2, -0.15) is 0 Å². The summed E-state index contributed by atoms with van der Waals surface area (Å²) in [5.74, 6) is 0. The van der Waals surface area contributed by atoms with Crippen molar-refractivity contribution in [2.45, 2.75) is 19.5 Å². The molecule has 3 heterocycles. The number of anilines is 1. The number of thiophene rings is 1. The molecule has 3 heteroatoms. The van der Waals surface area contributed by atoms with E-state index < -0.39 is 0 Å². The van der Waals surface area contributed by atoms with Gasteiger partial charge in [0, 0.05) is 51.2 Å². The van der Waals surface area contributed by atoms with E-state index in [1.165, 1.54) is 37.1 Å². The van der Waals surface area contributed by atoms with Crippen molar-refractivity contribution in [3.05, 3.63) is 53.9 Å². The second-order valence-electron chi connectivity index (χ2n) is 6.05. The smallest absolute Gasteiger partial charge is 0.109 e. The third kappa shape index (κ3) is 1.42. The van der Waals surface area contributed by atoms with Crippen LogP contribution < -0.4 is 4.90 Å². The lowest BCUT2D eigenvalue weighted by atomic mass is 10.1. The first-order valence-corrected chi connectivity index (χ1v) is 8.18. The molecular formula is C18H16N2S. The molecule has 2 aromatic carbocycles. The monoisotopic (exact) mass is 292 g/mol. The summed E-state index contributed by atoms with van der Waals surface area (Å²) in [4.78, 5) is 4.82. The van der Waals surface area contributed by atoms with Crippen molar-refractivity contribution in [1.82, 2.24) is 4.90 Å². The number of rotatable bonds is 0. The van der Waals surface area contributed by atoms with Gasteiger partial charge in [-0.15, -0.1) is 11.3 Å². The average molecular weight is 292 g/mol. The van der Waals surface area contributed by atoms with Gasteiger partial charge in [-0.3, -0.25) is 0 Å². The summed E-state index contributed by atoms with van der Waals surface area (Å²) in [6.07, 6.45) is 3.88. The van der Waals surface area contributed by atoms with E-state index in [-0.39, 0.29) is 0 Å². The van der Waals surface area contributed by atoms with Crippen LogP contribution in [0.15, 0.2) is 48.3 Å². The number of allylic oxidation sites excluding steroid dienone is 1. The molecule has 0 saturated carbocycles. The Morgan fingerprint density at radius 3 is 2.86 bits per heavy atom. The van der Waals surface area contributed by atoms with E-state index in [2.05, 4.69) is 66.4 Å². The molecule has 0 bridgehead atoms. The van der Waals surface area contributed by atoms with Gasteiger partial charge in [0.1, 0.15) is 6.17 Å². The molecule has 0 fully saturated rings. The minimum absolute atomic E-state index is 0.475. The molecule has 0 N–H and O–H groups in total. The van der Waals surface area contributed by atoms with Crippen molar-refractivity contribution in [1.29, 1.82) is 0 Å². The molecule has 104 valence electrons. The van der Waals surface area contributed by atoms with E-state index in [0.717, 1.165) is 6.42 Å².